The van der Waals surface area contributed by atoms with Gasteiger partial charge in [-0.05, 0) is 24.3 Å². The van der Waals surface area contributed by atoms with Gasteiger partial charge in [0.05, 0.1) is 20.3 Å². The molecule has 0 atom stereocenters. The van der Waals surface area contributed by atoms with Crippen molar-refractivity contribution in [2.45, 2.75) is 0 Å². The summed E-state index contributed by atoms with van der Waals surface area (Å²) < 4.78 is 10.5. The van der Waals surface area contributed by atoms with Crippen molar-refractivity contribution < 1.29 is 14.3 Å². The first-order chi connectivity index (χ1) is 11.3. The lowest BCUT2D eigenvalue weighted by atomic mass is 10.2. The van der Waals surface area contributed by atoms with Gasteiger partial charge in [-0.3, -0.25) is 9.78 Å². The van der Waals surface area contributed by atoms with Crippen LogP contribution in [0.3, 0.4) is 0 Å². The van der Waals surface area contributed by atoms with Crippen molar-refractivity contribution in [2.75, 3.05) is 43.6 Å². The van der Waals surface area contributed by atoms with Crippen molar-refractivity contribution in [3.05, 3.63) is 48.3 Å². The molecule has 6 nitrogen and oxygen atoms in total. The summed E-state index contributed by atoms with van der Waals surface area (Å²) in [4.78, 5) is 18.8. The van der Waals surface area contributed by atoms with E-state index in [0.717, 1.165) is 18.8 Å². The van der Waals surface area contributed by atoms with Crippen molar-refractivity contribution in [2.24, 2.45) is 0 Å². The molecule has 1 fully saturated rings. The summed E-state index contributed by atoms with van der Waals surface area (Å²) in [7, 11) is 1.59. The number of carbonyl (C=O) groups excluding carboxylic acids is 1. The number of nitrogens with one attached hydrogen (secondary N) is 1. The van der Waals surface area contributed by atoms with Gasteiger partial charge in [-0.2, -0.15) is 0 Å². The van der Waals surface area contributed by atoms with E-state index in [1.165, 1.54) is 0 Å². The Labute approximate surface area is 135 Å². The number of methoxy groups -OCH3 is 1. The average Bonchev–Trinajstić information content (AvgIpc) is 2.63. The second-order valence-corrected chi connectivity index (χ2v) is 5.18. The van der Waals surface area contributed by atoms with Crippen LogP contribution in [0.25, 0.3) is 0 Å². The van der Waals surface area contributed by atoms with Gasteiger partial charge in [0.2, 0.25) is 0 Å². The number of anilines is 2. The molecule has 0 bridgehead atoms. The Kier molecular flexibility index (Phi) is 4.73. The lowest BCUT2D eigenvalue weighted by Crippen LogP contribution is -2.36. The van der Waals surface area contributed by atoms with Crippen LogP contribution in [-0.4, -0.2) is 44.3 Å². The Morgan fingerprint density at radius 1 is 1.26 bits per heavy atom. The van der Waals surface area contributed by atoms with Gasteiger partial charge in [0.25, 0.3) is 5.91 Å². The third-order valence-electron chi connectivity index (χ3n) is 3.68. The number of carbonyl (C=O) groups is 1. The van der Waals surface area contributed by atoms with E-state index in [9.17, 15) is 4.79 Å². The molecule has 0 spiro atoms. The van der Waals surface area contributed by atoms with Gasteiger partial charge in [-0.1, -0.05) is 6.07 Å². The van der Waals surface area contributed by atoms with Gasteiger partial charge in [0, 0.05) is 36.7 Å². The summed E-state index contributed by atoms with van der Waals surface area (Å²) in [6, 6.07) is 10.9. The number of hydrogen-bond acceptors (Lipinski definition) is 5. The van der Waals surface area contributed by atoms with E-state index in [1.54, 1.807) is 25.4 Å². The number of morpholine rings is 1. The second-order valence-electron chi connectivity index (χ2n) is 5.18. The molecule has 2 heterocycles. The SMILES string of the molecule is COc1cccc(NC(=O)c2cc(N3CCOCC3)ccn2)c1. The number of hydrogen-bond donors (Lipinski definition) is 1. The van der Waals surface area contributed by atoms with Gasteiger partial charge >= 0.3 is 0 Å². The van der Waals surface area contributed by atoms with Crippen molar-refractivity contribution in [1.29, 1.82) is 0 Å². The molecule has 1 amide bonds. The van der Waals surface area contributed by atoms with Crippen LogP contribution in [0.4, 0.5) is 11.4 Å². The van der Waals surface area contributed by atoms with E-state index in [2.05, 4.69) is 15.2 Å². The number of rotatable bonds is 4. The Balaban J connectivity index is 1.74. The maximum Gasteiger partial charge on any atom is 0.274 e. The zero-order chi connectivity index (χ0) is 16.1. The minimum absolute atomic E-state index is 0.242. The van der Waals surface area contributed by atoms with Gasteiger partial charge in [0.15, 0.2) is 0 Å². The van der Waals surface area contributed by atoms with Gasteiger partial charge in [0.1, 0.15) is 11.4 Å². The van der Waals surface area contributed by atoms with E-state index in [-0.39, 0.29) is 5.91 Å². The molecule has 1 aliphatic rings. The first kappa shape index (κ1) is 15.3. The molecule has 0 saturated carbocycles. The molecule has 1 N–H and O–H groups in total. The van der Waals surface area contributed by atoms with Gasteiger partial charge in [-0.25, -0.2) is 0 Å². The Morgan fingerprint density at radius 2 is 2.09 bits per heavy atom. The van der Waals surface area contributed by atoms with Crippen molar-refractivity contribution in [3.63, 3.8) is 0 Å². The maximum atomic E-state index is 12.4. The molecular formula is C17H19N3O3. The number of aromatic nitrogens is 1. The van der Waals surface area contributed by atoms with Crippen LogP contribution in [0.1, 0.15) is 10.5 Å². The van der Waals surface area contributed by atoms with Crippen LogP contribution in [-0.2, 0) is 4.74 Å². The first-order valence-corrected chi connectivity index (χ1v) is 7.50. The topological polar surface area (TPSA) is 63.7 Å². The lowest BCUT2D eigenvalue weighted by molar-refractivity contribution is 0.102. The lowest BCUT2D eigenvalue weighted by Gasteiger charge is -2.28. The van der Waals surface area contributed by atoms with Crippen LogP contribution in [0, 0.1) is 0 Å². The molecule has 120 valence electrons. The van der Waals surface area contributed by atoms with E-state index in [1.807, 2.05) is 24.3 Å². The third-order valence-corrected chi connectivity index (χ3v) is 3.68. The maximum absolute atomic E-state index is 12.4. The highest BCUT2D eigenvalue weighted by molar-refractivity contribution is 6.03. The standard InChI is InChI=1S/C17H19N3O3/c1-22-15-4-2-3-13(11-15)19-17(21)16-12-14(5-6-18-16)20-7-9-23-10-8-20/h2-6,11-12H,7-10H2,1H3,(H,19,21). The van der Waals surface area contributed by atoms with Crippen LogP contribution in [0.5, 0.6) is 5.75 Å². The van der Waals surface area contributed by atoms with E-state index < -0.39 is 0 Å². The van der Waals surface area contributed by atoms with E-state index >= 15 is 0 Å². The fourth-order valence-corrected chi connectivity index (χ4v) is 2.46. The Morgan fingerprint density at radius 3 is 2.87 bits per heavy atom. The molecule has 6 heteroatoms. The molecular weight excluding hydrogens is 294 g/mol. The van der Waals surface area contributed by atoms with Crippen molar-refractivity contribution in [3.8, 4) is 5.75 Å². The second kappa shape index (κ2) is 7.11. The molecule has 1 aromatic carbocycles. The normalized spacial score (nSPS) is 14.4. The van der Waals surface area contributed by atoms with Gasteiger partial charge in [-0.15, -0.1) is 0 Å². The zero-order valence-corrected chi connectivity index (χ0v) is 13.0. The zero-order valence-electron chi connectivity index (χ0n) is 13.0. The minimum Gasteiger partial charge on any atom is -0.497 e. The number of amides is 1. The predicted octanol–water partition coefficient (Wildman–Crippen LogP) is 2.18. The van der Waals surface area contributed by atoms with Crippen LogP contribution < -0.4 is 15.0 Å². The number of pyridine rings is 1. The molecule has 1 aromatic heterocycles. The van der Waals surface area contributed by atoms with E-state index in [4.69, 9.17) is 9.47 Å². The molecule has 3 rings (SSSR count). The molecule has 1 saturated heterocycles. The molecule has 2 aromatic rings. The summed E-state index contributed by atoms with van der Waals surface area (Å²) in [6.07, 6.45) is 1.66. The fourth-order valence-electron chi connectivity index (χ4n) is 2.46. The summed E-state index contributed by atoms with van der Waals surface area (Å²) >= 11 is 0. The smallest absolute Gasteiger partial charge is 0.274 e. The summed E-state index contributed by atoms with van der Waals surface area (Å²) in [6.45, 7) is 3.04. The highest BCUT2D eigenvalue weighted by Gasteiger charge is 2.14. The summed E-state index contributed by atoms with van der Waals surface area (Å²) in [5, 5.41) is 2.84. The highest BCUT2D eigenvalue weighted by atomic mass is 16.5. The molecule has 0 radical (unpaired) electrons. The molecule has 1 aliphatic heterocycles. The quantitative estimate of drug-likeness (QED) is 0.937. The van der Waals surface area contributed by atoms with Crippen molar-refractivity contribution >= 4 is 17.3 Å². The van der Waals surface area contributed by atoms with Gasteiger partial charge < -0.3 is 19.7 Å². The number of benzene rings is 1. The summed E-state index contributed by atoms with van der Waals surface area (Å²) in [5.74, 6) is 0.450. The molecule has 0 unspecified atom stereocenters. The molecule has 0 aliphatic carbocycles. The monoisotopic (exact) mass is 313 g/mol. The van der Waals surface area contributed by atoms with E-state index in [0.29, 0.717) is 30.3 Å². The minimum atomic E-state index is -0.242. The van der Waals surface area contributed by atoms with Crippen LogP contribution in [0.15, 0.2) is 42.6 Å². The van der Waals surface area contributed by atoms with Crippen LogP contribution >= 0.6 is 0 Å². The third kappa shape index (κ3) is 3.78. The largest absolute Gasteiger partial charge is 0.497 e. The van der Waals surface area contributed by atoms with Crippen LogP contribution in [0.2, 0.25) is 0 Å². The Hall–Kier alpha value is -2.60. The Bertz CT molecular complexity index is 684. The predicted molar refractivity (Wildman–Crippen MR) is 88.2 cm³/mol. The highest BCUT2D eigenvalue weighted by Crippen LogP contribution is 2.19. The summed E-state index contributed by atoms with van der Waals surface area (Å²) in [5.41, 5.74) is 2.05. The first-order valence-electron chi connectivity index (χ1n) is 7.50. The fraction of sp³-hybridized carbons (Fsp3) is 0.294. The van der Waals surface area contributed by atoms with Crippen molar-refractivity contribution in [1.82, 2.24) is 4.98 Å². The number of ether oxygens (including phenoxy) is 2. The number of nitrogens with zero attached hydrogens (tertiary/aromatic N) is 2. The average molecular weight is 313 g/mol. The molecule has 23 heavy (non-hydrogen) atoms.